The van der Waals surface area contributed by atoms with E-state index in [2.05, 4.69) is 25.5 Å². The average molecular weight is 446 g/mol. The van der Waals surface area contributed by atoms with Gasteiger partial charge in [0.15, 0.2) is 0 Å². The molecule has 11 heteroatoms. The van der Waals surface area contributed by atoms with Gasteiger partial charge in [0.25, 0.3) is 5.91 Å². The summed E-state index contributed by atoms with van der Waals surface area (Å²) in [6, 6.07) is 8.15. The van der Waals surface area contributed by atoms with Crippen LogP contribution in [0.4, 0.5) is 23.1 Å². The number of carbonyl (C=O) groups excluding carboxylic acids is 1. The van der Waals surface area contributed by atoms with Crippen LogP contribution in [0.25, 0.3) is 0 Å². The molecule has 1 aliphatic carbocycles. The molecule has 1 aromatic heterocycles. The fourth-order valence-electron chi connectivity index (χ4n) is 3.52. The smallest absolute Gasteiger partial charge is 0.254 e. The molecule has 4 N–H and O–H groups in total. The van der Waals surface area contributed by atoms with Crippen LogP contribution < -0.4 is 21.3 Å². The highest BCUT2D eigenvalue weighted by atomic mass is 32.2. The zero-order valence-electron chi connectivity index (χ0n) is 17.4. The fraction of sp³-hybridized carbons (Fsp3) is 0.450. The number of hydrogen-bond donors (Lipinski definition) is 3. The second-order valence-corrected chi connectivity index (χ2v) is 9.90. The van der Waals surface area contributed by atoms with Crippen LogP contribution in [-0.2, 0) is 10.0 Å². The van der Waals surface area contributed by atoms with E-state index in [1.54, 1.807) is 0 Å². The van der Waals surface area contributed by atoms with E-state index in [4.69, 9.17) is 5.73 Å². The molecule has 0 radical (unpaired) electrons. The molecule has 1 aromatic carbocycles. The molecule has 0 spiro atoms. The topological polar surface area (TPSA) is 134 Å². The van der Waals surface area contributed by atoms with Crippen molar-refractivity contribution in [1.82, 2.24) is 14.3 Å². The van der Waals surface area contributed by atoms with Gasteiger partial charge in [-0.05, 0) is 43.5 Å². The van der Waals surface area contributed by atoms with Crippen molar-refractivity contribution in [2.45, 2.75) is 25.3 Å². The molecule has 2 aliphatic rings. The van der Waals surface area contributed by atoms with Crippen LogP contribution in [0.2, 0.25) is 0 Å². The maximum Gasteiger partial charge on any atom is 0.254 e. The van der Waals surface area contributed by atoms with Crippen LogP contribution in [0.5, 0.6) is 0 Å². The van der Waals surface area contributed by atoms with Crippen LogP contribution in [0, 0.1) is 0 Å². The largest absolute Gasteiger partial charge is 0.370 e. The van der Waals surface area contributed by atoms with Crippen molar-refractivity contribution in [1.29, 1.82) is 0 Å². The number of sulfonamides is 1. The monoisotopic (exact) mass is 445 g/mol. The highest BCUT2D eigenvalue weighted by molar-refractivity contribution is 7.88. The van der Waals surface area contributed by atoms with Crippen molar-refractivity contribution in [2.24, 2.45) is 5.73 Å². The van der Waals surface area contributed by atoms with Gasteiger partial charge in [-0.1, -0.05) is 0 Å². The summed E-state index contributed by atoms with van der Waals surface area (Å²) < 4.78 is 25.1. The first-order valence-electron chi connectivity index (χ1n) is 10.3. The van der Waals surface area contributed by atoms with Gasteiger partial charge in [-0.25, -0.2) is 17.7 Å². The molecule has 1 aliphatic heterocycles. The van der Waals surface area contributed by atoms with Gasteiger partial charge in [-0.3, -0.25) is 4.79 Å². The molecule has 2 aromatic rings. The van der Waals surface area contributed by atoms with Gasteiger partial charge in [0.1, 0.15) is 5.82 Å². The zero-order valence-corrected chi connectivity index (χ0v) is 18.2. The van der Waals surface area contributed by atoms with E-state index < -0.39 is 15.9 Å². The zero-order chi connectivity index (χ0) is 22.0. The number of benzene rings is 1. The number of carbonyl (C=O) groups is 1. The van der Waals surface area contributed by atoms with Gasteiger partial charge in [0, 0.05) is 49.8 Å². The highest BCUT2D eigenvalue weighted by Crippen LogP contribution is 2.27. The number of rotatable bonds is 7. The minimum absolute atomic E-state index is 0.275. The van der Waals surface area contributed by atoms with E-state index in [1.165, 1.54) is 16.8 Å². The summed E-state index contributed by atoms with van der Waals surface area (Å²) in [7, 11) is -3.16. The number of nitrogens with two attached hydrogens (primary N) is 1. The van der Waals surface area contributed by atoms with Gasteiger partial charge in [-0.2, -0.15) is 4.98 Å². The van der Waals surface area contributed by atoms with Crippen molar-refractivity contribution >= 4 is 39.1 Å². The third-order valence-electron chi connectivity index (χ3n) is 5.38. The third-order valence-corrected chi connectivity index (χ3v) is 6.69. The van der Waals surface area contributed by atoms with Gasteiger partial charge in [0.05, 0.1) is 11.8 Å². The van der Waals surface area contributed by atoms with Crippen molar-refractivity contribution in [3.05, 3.63) is 36.0 Å². The number of nitrogens with zero attached hydrogens (tertiary/aromatic N) is 4. The maximum absolute atomic E-state index is 11.8. The Balaban J connectivity index is 1.43. The molecule has 166 valence electrons. The Morgan fingerprint density at radius 1 is 1.13 bits per heavy atom. The molecule has 31 heavy (non-hydrogen) atoms. The Labute approximate surface area is 181 Å². The molecule has 1 saturated heterocycles. The summed E-state index contributed by atoms with van der Waals surface area (Å²) in [4.78, 5) is 22.4. The Kier molecular flexibility index (Phi) is 5.96. The first kappa shape index (κ1) is 21.3. The number of primary amides is 1. The second kappa shape index (κ2) is 8.67. The van der Waals surface area contributed by atoms with E-state index >= 15 is 0 Å². The summed E-state index contributed by atoms with van der Waals surface area (Å²) in [5.41, 5.74) is 7.53. The van der Waals surface area contributed by atoms with Crippen molar-refractivity contribution in [2.75, 3.05) is 48.0 Å². The van der Waals surface area contributed by atoms with Crippen LogP contribution in [0.3, 0.4) is 0 Å². The van der Waals surface area contributed by atoms with E-state index in [1.807, 2.05) is 24.3 Å². The molecule has 0 bridgehead atoms. The standard InChI is InChI=1S/C20H27N7O3S/c1-31(29,30)27-10-2-9-26(11-12-27)16-7-5-15(6-8-16)24-20-22-13-17(18(21)28)19(25-20)23-14-3-4-14/h5-8,13-14H,2-4,9-12H2,1H3,(H2,21,28)(H2,22,23,24,25). The molecule has 4 rings (SSSR count). The summed E-state index contributed by atoms with van der Waals surface area (Å²) in [6.07, 6.45) is 5.56. The summed E-state index contributed by atoms with van der Waals surface area (Å²) in [6.45, 7) is 2.47. The summed E-state index contributed by atoms with van der Waals surface area (Å²) in [5, 5.41) is 6.37. The van der Waals surface area contributed by atoms with E-state index in [0.29, 0.717) is 37.4 Å². The number of hydrogen-bond acceptors (Lipinski definition) is 8. The molecule has 10 nitrogen and oxygen atoms in total. The molecular weight excluding hydrogens is 418 g/mol. The van der Waals surface area contributed by atoms with E-state index in [9.17, 15) is 13.2 Å². The normalized spacial score (nSPS) is 17.8. The van der Waals surface area contributed by atoms with Crippen LogP contribution in [-0.4, -0.2) is 67.1 Å². The number of amides is 1. The summed E-state index contributed by atoms with van der Waals surface area (Å²) in [5.74, 6) is 0.259. The summed E-state index contributed by atoms with van der Waals surface area (Å²) >= 11 is 0. The van der Waals surface area contributed by atoms with Crippen LogP contribution in [0.1, 0.15) is 29.6 Å². The lowest BCUT2D eigenvalue weighted by Gasteiger charge is -2.23. The molecule has 0 atom stereocenters. The second-order valence-electron chi connectivity index (χ2n) is 7.91. The van der Waals surface area contributed by atoms with Gasteiger partial charge in [0.2, 0.25) is 16.0 Å². The lowest BCUT2D eigenvalue weighted by molar-refractivity contribution is 0.100. The lowest BCUT2D eigenvalue weighted by Crippen LogP contribution is -2.34. The predicted molar refractivity (Wildman–Crippen MR) is 120 cm³/mol. The SMILES string of the molecule is CS(=O)(=O)N1CCCN(c2ccc(Nc3ncc(C(N)=O)c(NC4CC4)n3)cc2)CC1. The Morgan fingerprint density at radius 2 is 1.87 bits per heavy atom. The molecular formula is C20H27N7O3S. The van der Waals surface area contributed by atoms with E-state index in [0.717, 1.165) is 37.2 Å². The molecule has 1 saturated carbocycles. The molecule has 2 heterocycles. The van der Waals surface area contributed by atoms with Crippen molar-refractivity contribution in [3.63, 3.8) is 0 Å². The predicted octanol–water partition coefficient (Wildman–Crippen LogP) is 1.37. The lowest BCUT2D eigenvalue weighted by atomic mass is 10.2. The molecule has 0 unspecified atom stereocenters. The van der Waals surface area contributed by atoms with Gasteiger partial charge < -0.3 is 21.3 Å². The minimum atomic E-state index is -3.16. The first-order valence-corrected chi connectivity index (χ1v) is 12.1. The van der Waals surface area contributed by atoms with E-state index in [-0.39, 0.29) is 5.56 Å². The highest BCUT2D eigenvalue weighted by Gasteiger charge is 2.24. The Bertz CT molecular complexity index is 1050. The molecule has 1 amide bonds. The first-order chi connectivity index (χ1) is 14.8. The number of anilines is 4. The van der Waals surface area contributed by atoms with Gasteiger partial charge in [-0.15, -0.1) is 0 Å². The van der Waals surface area contributed by atoms with Crippen molar-refractivity contribution in [3.8, 4) is 0 Å². The van der Waals surface area contributed by atoms with Crippen LogP contribution in [0.15, 0.2) is 30.5 Å². The van der Waals surface area contributed by atoms with Crippen LogP contribution >= 0.6 is 0 Å². The maximum atomic E-state index is 11.8. The fourth-order valence-corrected chi connectivity index (χ4v) is 4.40. The Morgan fingerprint density at radius 3 is 2.52 bits per heavy atom. The van der Waals surface area contributed by atoms with Gasteiger partial charge >= 0.3 is 0 Å². The quantitative estimate of drug-likeness (QED) is 0.582. The number of aromatic nitrogens is 2. The molecule has 2 fully saturated rings. The van der Waals surface area contributed by atoms with Crippen molar-refractivity contribution < 1.29 is 13.2 Å². The Hall–Kier alpha value is -2.92. The third kappa shape index (κ3) is 5.42. The minimum Gasteiger partial charge on any atom is -0.370 e. The average Bonchev–Trinajstić information content (AvgIpc) is 3.54. The number of nitrogens with one attached hydrogen (secondary N) is 2.